The van der Waals surface area contributed by atoms with Gasteiger partial charge in [0.1, 0.15) is 0 Å². The zero-order valence-corrected chi connectivity index (χ0v) is 12.1. The van der Waals surface area contributed by atoms with Crippen molar-refractivity contribution in [2.45, 2.75) is 38.6 Å². The van der Waals surface area contributed by atoms with Crippen molar-refractivity contribution in [2.75, 3.05) is 13.6 Å². The number of nitrogens with one attached hydrogen (secondary N) is 2. The quantitative estimate of drug-likeness (QED) is 0.845. The van der Waals surface area contributed by atoms with E-state index in [0.717, 1.165) is 0 Å². The Hall–Kier alpha value is -0.870. The van der Waals surface area contributed by atoms with Gasteiger partial charge in [-0.1, -0.05) is 19.9 Å². The molecule has 0 fully saturated rings. The Morgan fingerprint density at radius 1 is 1.35 bits per heavy atom. The second kappa shape index (κ2) is 5.19. The highest BCUT2D eigenvalue weighted by atomic mass is 32.1. The van der Waals surface area contributed by atoms with Crippen LogP contribution < -0.4 is 10.6 Å². The summed E-state index contributed by atoms with van der Waals surface area (Å²) in [5.41, 5.74) is -0.542. The van der Waals surface area contributed by atoms with E-state index in [1.807, 2.05) is 19.9 Å². The number of thiophene rings is 1. The van der Waals surface area contributed by atoms with Gasteiger partial charge in [-0.3, -0.25) is 4.79 Å². The molecule has 1 heterocycles. The summed E-state index contributed by atoms with van der Waals surface area (Å²) in [5.74, 6) is 0.0321. The summed E-state index contributed by atoms with van der Waals surface area (Å²) in [4.78, 5) is 13.2. The summed E-state index contributed by atoms with van der Waals surface area (Å²) in [6, 6.07) is 4.15. The number of carbonyl (C=O) groups is 1. The van der Waals surface area contributed by atoms with Crippen LogP contribution in [-0.2, 0) is 10.2 Å². The second-order valence-electron chi connectivity index (χ2n) is 5.42. The van der Waals surface area contributed by atoms with Crippen molar-refractivity contribution in [2.24, 2.45) is 0 Å². The molecule has 0 aliphatic heterocycles. The molecule has 0 spiro atoms. The molecule has 0 saturated carbocycles. The summed E-state index contributed by atoms with van der Waals surface area (Å²) in [6.07, 6.45) is 0. The first-order valence-corrected chi connectivity index (χ1v) is 6.69. The average Bonchev–Trinajstić information content (AvgIpc) is 2.80. The molecule has 0 unspecified atom stereocenters. The summed E-state index contributed by atoms with van der Waals surface area (Å²) >= 11 is 1.73. The van der Waals surface area contributed by atoms with Gasteiger partial charge in [0, 0.05) is 16.8 Å². The largest absolute Gasteiger partial charge is 0.354 e. The van der Waals surface area contributed by atoms with Crippen LogP contribution in [0.25, 0.3) is 0 Å². The molecule has 1 aromatic rings. The van der Waals surface area contributed by atoms with Crippen molar-refractivity contribution in [3.8, 4) is 0 Å². The lowest BCUT2D eigenvalue weighted by Gasteiger charge is -2.28. The maximum absolute atomic E-state index is 11.9. The van der Waals surface area contributed by atoms with Gasteiger partial charge in [0.05, 0.1) is 5.54 Å². The predicted molar refractivity (Wildman–Crippen MR) is 73.5 cm³/mol. The number of amides is 1. The molecule has 3 nitrogen and oxygen atoms in total. The van der Waals surface area contributed by atoms with E-state index in [4.69, 9.17) is 0 Å². The summed E-state index contributed by atoms with van der Waals surface area (Å²) in [7, 11) is 1.80. The Kier molecular flexibility index (Phi) is 4.33. The van der Waals surface area contributed by atoms with E-state index in [2.05, 4.69) is 35.9 Å². The summed E-state index contributed by atoms with van der Waals surface area (Å²) in [6.45, 7) is 8.69. The van der Waals surface area contributed by atoms with Crippen LogP contribution in [0.1, 0.15) is 32.6 Å². The fraction of sp³-hybridized carbons (Fsp3) is 0.615. The van der Waals surface area contributed by atoms with Gasteiger partial charge in [0.25, 0.3) is 0 Å². The second-order valence-corrected chi connectivity index (χ2v) is 6.37. The monoisotopic (exact) mass is 254 g/mol. The molecule has 1 rings (SSSR count). The zero-order chi connectivity index (χ0) is 13.1. The average molecular weight is 254 g/mol. The highest BCUT2D eigenvalue weighted by molar-refractivity contribution is 7.10. The fourth-order valence-electron chi connectivity index (χ4n) is 1.39. The van der Waals surface area contributed by atoms with Gasteiger partial charge in [0.2, 0.25) is 5.91 Å². The standard InChI is InChI=1S/C13H22N2OS/c1-12(2,10-7-6-8-17-10)9-15-11(16)13(3,4)14-5/h6-8,14H,9H2,1-5H3,(H,15,16). The molecule has 1 amide bonds. The lowest BCUT2D eigenvalue weighted by molar-refractivity contribution is -0.126. The number of hydrogen-bond acceptors (Lipinski definition) is 3. The van der Waals surface area contributed by atoms with Gasteiger partial charge in [-0.2, -0.15) is 0 Å². The van der Waals surface area contributed by atoms with Crippen LogP contribution >= 0.6 is 11.3 Å². The normalized spacial score (nSPS) is 12.5. The first kappa shape index (κ1) is 14.2. The maximum atomic E-state index is 11.9. The molecule has 0 bridgehead atoms. The minimum absolute atomic E-state index is 0.0202. The third-order valence-corrected chi connectivity index (χ3v) is 4.31. The Bertz CT molecular complexity index is 369. The van der Waals surface area contributed by atoms with Crippen LogP contribution in [0.15, 0.2) is 17.5 Å². The Balaban J connectivity index is 2.60. The molecule has 2 N–H and O–H groups in total. The molecular formula is C13H22N2OS. The predicted octanol–water partition coefficient (Wildman–Crippen LogP) is 2.14. The van der Waals surface area contributed by atoms with E-state index >= 15 is 0 Å². The molecule has 4 heteroatoms. The Morgan fingerprint density at radius 2 is 2.00 bits per heavy atom. The number of carbonyl (C=O) groups excluding carboxylic acids is 1. The van der Waals surface area contributed by atoms with E-state index in [1.54, 1.807) is 18.4 Å². The number of rotatable bonds is 5. The van der Waals surface area contributed by atoms with Gasteiger partial charge < -0.3 is 10.6 Å². The van der Waals surface area contributed by atoms with E-state index in [0.29, 0.717) is 6.54 Å². The highest BCUT2D eigenvalue weighted by Crippen LogP contribution is 2.26. The lowest BCUT2D eigenvalue weighted by Crippen LogP contribution is -2.53. The van der Waals surface area contributed by atoms with Crippen molar-refractivity contribution < 1.29 is 4.79 Å². The Labute approximate surface area is 108 Å². The minimum Gasteiger partial charge on any atom is -0.354 e. The van der Waals surface area contributed by atoms with Crippen LogP contribution in [-0.4, -0.2) is 25.0 Å². The van der Waals surface area contributed by atoms with Crippen molar-refractivity contribution in [1.29, 1.82) is 0 Å². The Morgan fingerprint density at radius 3 is 2.47 bits per heavy atom. The van der Waals surface area contributed by atoms with Gasteiger partial charge in [0.15, 0.2) is 0 Å². The molecule has 0 radical (unpaired) electrons. The van der Waals surface area contributed by atoms with Gasteiger partial charge in [-0.25, -0.2) is 0 Å². The fourth-order valence-corrected chi connectivity index (χ4v) is 2.24. The van der Waals surface area contributed by atoms with Gasteiger partial charge >= 0.3 is 0 Å². The van der Waals surface area contributed by atoms with Crippen molar-refractivity contribution in [3.63, 3.8) is 0 Å². The van der Waals surface area contributed by atoms with Crippen LogP contribution in [0, 0.1) is 0 Å². The molecule has 17 heavy (non-hydrogen) atoms. The highest BCUT2D eigenvalue weighted by Gasteiger charge is 2.28. The third-order valence-electron chi connectivity index (χ3n) is 3.07. The SMILES string of the molecule is CNC(C)(C)C(=O)NCC(C)(C)c1cccs1. The van der Waals surface area contributed by atoms with Gasteiger partial charge in [-0.15, -0.1) is 11.3 Å². The molecule has 1 aromatic heterocycles. The molecule has 0 atom stereocenters. The zero-order valence-electron chi connectivity index (χ0n) is 11.3. The molecule has 96 valence electrons. The number of hydrogen-bond donors (Lipinski definition) is 2. The van der Waals surface area contributed by atoms with Crippen molar-refractivity contribution in [3.05, 3.63) is 22.4 Å². The third kappa shape index (κ3) is 3.54. The molecular weight excluding hydrogens is 232 g/mol. The van der Waals surface area contributed by atoms with E-state index < -0.39 is 5.54 Å². The van der Waals surface area contributed by atoms with Gasteiger partial charge in [-0.05, 0) is 32.3 Å². The maximum Gasteiger partial charge on any atom is 0.239 e. The van der Waals surface area contributed by atoms with Crippen LogP contribution in [0.4, 0.5) is 0 Å². The van der Waals surface area contributed by atoms with Crippen molar-refractivity contribution >= 4 is 17.2 Å². The van der Waals surface area contributed by atoms with E-state index in [1.165, 1.54) is 4.88 Å². The van der Waals surface area contributed by atoms with Crippen LogP contribution in [0.3, 0.4) is 0 Å². The van der Waals surface area contributed by atoms with E-state index in [9.17, 15) is 4.79 Å². The van der Waals surface area contributed by atoms with Crippen LogP contribution in [0.2, 0.25) is 0 Å². The first-order chi connectivity index (χ1) is 7.79. The molecule has 0 aromatic carbocycles. The van der Waals surface area contributed by atoms with E-state index in [-0.39, 0.29) is 11.3 Å². The van der Waals surface area contributed by atoms with Crippen LogP contribution in [0.5, 0.6) is 0 Å². The minimum atomic E-state index is -0.522. The molecule has 0 aliphatic carbocycles. The summed E-state index contributed by atoms with van der Waals surface area (Å²) < 4.78 is 0. The lowest BCUT2D eigenvalue weighted by atomic mass is 9.91. The topological polar surface area (TPSA) is 41.1 Å². The first-order valence-electron chi connectivity index (χ1n) is 5.81. The van der Waals surface area contributed by atoms with Crippen molar-refractivity contribution in [1.82, 2.24) is 10.6 Å². The number of likely N-dealkylation sites (N-methyl/N-ethyl adjacent to an activating group) is 1. The molecule has 0 saturated heterocycles. The summed E-state index contributed by atoms with van der Waals surface area (Å²) in [5, 5.41) is 8.08. The smallest absolute Gasteiger partial charge is 0.239 e. The molecule has 0 aliphatic rings.